The van der Waals surface area contributed by atoms with Gasteiger partial charge in [0.1, 0.15) is 12.4 Å². The van der Waals surface area contributed by atoms with Crippen molar-refractivity contribution in [1.29, 1.82) is 0 Å². The number of benzene rings is 1. The number of ether oxygens (including phenoxy) is 2. The highest BCUT2D eigenvalue weighted by atomic mass is 35.5. The molecule has 1 saturated heterocycles. The largest absolute Gasteiger partial charge is 0.484 e. The van der Waals surface area contributed by atoms with Crippen LogP contribution < -0.4 is 10.1 Å². The van der Waals surface area contributed by atoms with Crippen LogP contribution in [0.4, 0.5) is 0 Å². The molecule has 1 aliphatic heterocycles. The van der Waals surface area contributed by atoms with E-state index in [4.69, 9.17) is 21.1 Å². The summed E-state index contributed by atoms with van der Waals surface area (Å²) in [6, 6.07) is 3.71. The highest BCUT2D eigenvalue weighted by Crippen LogP contribution is 2.25. The van der Waals surface area contributed by atoms with Gasteiger partial charge in [0.15, 0.2) is 6.61 Å². The fourth-order valence-electron chi connectivity index (χ4n) is 2.90. The predicted molar refractivity (Wildman–Crippen MR) is 96.0 cm³/mol. The van der Waals surface area contributed by atoms with Crippen molar-refractivity contribution in [2.75, 3.05) is 33.4 Å². The van der Waals surface area contributed by atoms with Crippen molar-refractivity contribution < 1.29 is 19.1 Å². The minimum Gasteiger partial charge on any atom is -0.484 e. The van der Waals surface area contributed by atoms with Gasteiger partial charge >= 0.3 is 0 Å². The van der Waals surface area contributed by atoms with Gasteiger partial charge in [-0.05, 0) is 49.9 Å². The molecule has 1 aromatic carbocycles. The normalized spacial score (nSPS) is 15.1. The lowest BCUT2D eigenvalue weighted by Crippen LogP contribution is -2.48. The number of piperidine rings is 1. The molecule has 0 atom stereocenters. The van der Waals surface area contributed by atoms with Crippen molar-refractivity contribution in [2.24, 2.45) is 0 Å². The van der Waals surface area contributed by atoms with Crippen LogP contribution in [0.15, 0.2) is 12.1 Å². The molecule has 2 rings (SSSR count). The Bertz CT molecular complexity index is 604. The summed E-state index contributed by atoms with van der Waals surface area (Å²) < 4.78 is 10.4. The van der Waals surface area contributed by atoms with Gasteiger partial charge in [-0.2, -0.15) is 0 Å². The number of carbonyl (C=O) groups excluding carboxylic acids is 2. The topological polar surface area (TPSA) is 67.9 Å². The van der Waals surface area contributed by atoms with Crippen molar-refractivity contribution in [3.8, 4) is 5.75 Å². The van der Waals surface area contributed by atoms with Gasteiger partial charge in [0.05, 0.1) is 0 Å². The number of rotatable bonds is 6. The first-order chi connectivity index (χ1) is 11.9. The molecular formula is C18H25ClN2O4. The summed E-state index contributed by atoms with van der Waals surface area (Å²) in [7, 11) is 1.51. The van der Waals surface area contributed by atoms with E-state index < -0.39 is 0 Å². The summed E-state index contributed by atoms with van der Waals surface area (Å²) in [6.07, 6.45) is 1.47. The number of hydrogen-bond acceptors (Lipinski definition) is 4. The number of nitrogens with one attached hydrogen (secondary N) is 1. The quantitative estimate of drug-likeness (QED) is 0.834. The fourth-order valence-corrected chi connectivity index (χ4v) is 3.00. The first kappa shape index (κ1) is 19.5. The van der Waals surface area contributed by atoms with Crippen LogP contribution in [0.1, 0.15) is 24.0 Å². The van der Waals surface area contributed by atoms with Crippen LogP contribution in [0.3, 0.4) is 0 Å². The SMILES string of the molecule is COCC(=O)N1CCC(NC(=O)COc2cc(C)c(Cl)c(C)c2)CC1. The maximum absolute atomic E-state index is 12.1. The van der Waals surface area contributed by atoms with Gasteiger partial charge in [-0.15, -0.1) is 0 Å². The van der Waals surface area contributed by atoms with Gasteiger partial charge in [0.2, 0.25) is 5.91 Å². The Kier molecular flexibility index (Phi) is 7.08. The standard InChI is InChI=1S/C18H25ClN2O4/c1-12-8-15(9-13(2)18(12)19)25-10-16(22)20-14-4-6-21(7-5-14)17(23)11-24-3/h8-9,14H,4-7,10-11H2,1-3H3,(H,20,22). The summed E-state index contributed by atoms with van der Waals surface area (Å²) in [4.78, 5) is 25.6. The molecule has 25 heavy (non-hydrogen) atoms. The number of aryl methyl sites for hydroxylation is 2. The molecule has 0 saturated carbocycles. The number of amides is 2. The number of halogens is 1. The minimum atomic E-state index is -0.160. The van der Waals surface area contributed by atoms with Gasteiger partial charge in [-0.25, -0.2) is 0 Å². The molecule has 0 spiro atoms. The van der Waals surface area contributed by atoms with E-state index in [1.165, 1.54) is 7.11 Å². The summed E-state index contributed by atoms with van der Waals surface area (Å²) >= 11 is 6.12. The van der Waals surface area contributed by atoms with E-state index >= 15 is 0 Å². The molecule has 0 unspecified atom stereocenters. The molecule has 0 aliphatic carbocycles. The molecular weight excluding hydrogens is 344 g/mol. The molecule has 0 aromatic heterocycles. The van der Waals surface area contributed by atoms with Crippen LogP contribution in [0.5, 0.6) is 5.75 Å². The van der Waals surface area contributed by atoms with Gasteiger partial charge < -0.3 is 19.7 Å². The summed E-state index contributed by atoms with van der Waals surface area (Å²) in [5, 5.41) is 3.68. The minimum absolute atomic E-state index is 0.0101. The molecule has 1 aromatic rings. The lowest BCUT2D eigenvalue weighted by atomic mass is 10.1. The lowest BCUT2D eigenvalue weighted by molar-refractivity contribution is -0.136. The fraction of sp³-hybridized carbons (Fsp3) is 0.556. The highest BCUT2D eigenvalue weighted by Gasteiger charge is 2.23. The number of carbonyl (C=O) groups is 2. The van der Waals surface area contributed by atoms with Crippen LogP contribution >= 0.6 is 11.6 Å². The summed E-state index contributed by atoms with van der Waals surface area (Å²) in [5.74, 6) is 0.463. The van der Waals surface area contributed by atoms with Crippen molar-refractivity contribution in [2.45, 2.75) is 32.7 Å². The molecule has 1 fully saturated rings. The molecule has 1 aliphatic rings. The monoisotopic (exact) mass is 368 g/mol. The van der Waals surface area contributed by atoms with Crippen molar-refractivity contribution in [3.63, 3.8) is 0 Å². The number of likely N-dealkylation sites (tertiary alicyclic amines) is 1. The zero-order valence-electron chi connectivity index (χ0n) is 14.9. The van der Waals surface area contributed by atoms with Gasteiger partial charge in [0.25, 0.3) is 5.91 Å². The Hall–Kier alpha value is -1.79. The summed E-state index contributed by atoms with van der Waals surface area (Å²) in [6.45, 7) is 5.13. The Morgan fingerprint density at radius 1 is 1.20 bits per heavy atom. The first-order valence-electron chi connectivity index (χ1n) is 8.36. The Morgan fingerprint density at radius 2 is 1.80 bits per heavy atom. The van der Waals surface area contributed by atoms with Crippen molar-refractivity contribution >= 4 is 23.4 Å². The average Bonchev–Trinajstić information content (AvgIpc) is 2.58. The molecule has 7 heteroatoms. The van der Waals surface area contributed by atoms with Crippen molar-refractivity contribution in [1.82, 2.24) is 10.2 Å². The predicted octanol–water partition coefficient (Wildman–Crippen LogP) is 2.09. The van der Waals surface area contributed by atoms with E-state index in [2.05, 4.69) is 5.32 Å². The summed E-state index contributed by atoms with van der Waals surface area (Å²) in [5.41, 5.74) is 1.84. The zero-order valence-corrected chi connectivity index (χ0v) is 15.7. The first-order valence-corrected chi connectivity index (χ1v) is 8.74. The van der Waals surface area contributed by atoms with Crippen LogP contribution in [-0.4, -0.2) is 56.2 Å². The van der Waals surface area contributed by atoms with E-state index in [1.54, 1.807) is 4.90 Å². The smallest absolute Gasteiger partial charge is 0.258 e. The lowest BCUT2D eigenvalue weighted by Gasteiger charge is -2.32. The number of nitrogens with zero attached hydrogens (tertiary/aromatic N) is 1. The molecule has 1 N–H and O–H groups in total. The van der Waals surface area contributed by atoms with E-state index in [9.17, 15) is 9.59 Å². The second-order valence-corrected chi connectivity index (χ2v) is 6.69. The molecule has 6 nitrogen and oxygen atoms in total. The zero-order chi connectivity index (χ0) is 18.4. The second-order valence-electron chi connectivity index (χ2n) is 6.32. The number of methoxy groups -OCH3 is 1. The van der Waals surface area contributed by atoms with Gasteiger partial charge in [-0.1, -0.05) is 11.6 Å². The third kappa shape index (κ3) is 5.61. The van der Waals surface area contributed by atoms with E-state index in [1.807, 2.05) is 26.0 Å². The maximum atomic E-state index is 12.1. The third-order valence-electron chi connectivity index (χ3n) is 4.26. The van der Waals surface area contributed by atoms with Crippen molar-refractivity contribution in [3.05, 3.63) is 28.3 Å². The van der Waals surface area contributed by atoms with Crippen LogP contribution in [0.2, 0.25) is 5.02 Å². The second kappa shape index (κ2) is 9.06. The van der Waals surface area contributed by atoms with Gasteiger partial charge in [0, 0.05) is 31.3 Å². The Labute approximate surface area is 153 Å². The van der Waals surface area contributed by atoms with Crippen LogP contribution in [0, 0.1) is 13.8 Å². The third-order valence-corrected chi connectivity index (χ3v) is 4.86. The molecule has 1 heterocycles. The van der Waals surface area contributed by atoms with Gasteiger partial charge in [-0.3, -0.25) is 9.59 Å². The van der Waals surface area contributed by atoms with E-state index in [0.29, 0.717) is 23.9 Å². The van der Waals surface area contributed by atoms with E-state index in [-0.39, 0.29) is 31.1 Å². The van der Waals surface area contributed by atoms with E-state index in [0.717, 1.165) is 24.0 Å². The number of hydrogen-bond donors (Lipinski definition) is 1. The molecule has 2 amide bonds. The molecule has 0 radical (unpaired) electrons. The maximum Gasteiger partial charge on any atom is 0.258 e. The molecule has 0 bridgehead atoms. The van der Waals surface area contributed by atoms with Crippen LogP contribution in [-0.2, 0) is 14.3 Å². The Morgan fingerprint density at radius 3 is 2.36 bits per heavy atom. The molecule has 138 valence electrons. The Balaban J connectivity index is 1.75. The highest BCUT2D eigenvalue weighted by molar-refractivity contribution is 6.32. The van der Waals surface area contributed by atoms with Crippen LogP contribution in [0.25, 0.3) is 0 Å². The average molecular weight is 369 g/mol.